The summed E-state index contributed by atoms with van der Waals surface area (Å²) in [5, 5.41) is 3.33. The van der Waals surface area contributed by atoms with Crippen LogP contribution in [0.2, 0.25) is 0 Å². The minimum atomic E-state index is -0.598. The number of likely N-dealkylation sites (tertiary alicyclic amines) is 1. The third-order valence-electron chi connectivity index (χ3n) is 3.95. The van der Waals surface area contributed by atoms with E-state index in [1.165, 1.54) is 5.56 Å². The molecule has 1 aromatic carbocycles. The zero-order valence-electron chi connectivity index (χ0n) is 12.6. The second kappa shape index (κ2) is 5.83. The molecular weight excluding hydrogens is 250 g/mol. The molecule has 4 heteroatoms. The summed E-state index contributed by atoms with van der Waals surface area (Å²) in [7, 11) is 0. The number of nitrogens with two attached hydrogens (primary N) is 1. The van der Waals surface area contributed by atoms with Crippen LogP contribution in [0.15, 0.2) is 24.3 Å². The van der Waals surface area contributed by atoms with E-state index in [2.05, 4.69) is 12.2 Å². The van der Waals surface area contributed by atoms with E-state index in [1.807, 2.05) is 43.0 Å². The maximum atomic E-state index is 12.6. The molecule has 1 fully saturated rings. The molecule has 20 heavy (non-hydrogen) atoms. The van der Waals surface area contributed by atoms with Crippen LogP contribution in [-0.2, 0) is 4.79 Å². The van der Waals surface area contributed by atoms with Crippen molar-refractivity contribution in [1.82, 2.24) is 4.90 Å². The fourth-order valence-electron chi connectivity index (χ4n) is 2.66. The molecule has 1 aromatic rings. The van der Waals surface area contributed by atoms with E-state index in [4.69, 9.17) is 5.73 Å². The molecule has 1 amide bonds. The molecule has 1 aliphatic rings. The normalized spacial score (nSPS) is 19.2. The fourth-order valence-corrected chi connectivity index (χ4v) is 2.66. The van der Waals surface area contributed by atoms with Gasteiger partial charge in [0, 0.05) is 18.8 Å². The second-order valence-electron chi connectivity index (χ2n) is 6.26. The molecule has 1 aliphatic heterocycles. The summed E-state index contributed by atoms with van der Waals surface area (Å²) in [5.41, 5.74) is 7.28. The quantitative estimate of drug-likeness (QED) is 0.883. The third-order valence-corrected chi connectivity index (χ3v) is 3.95. The van der Waals surface area contributed by atoms with E-state index >= 15 is 0 Å². The van der Waals surface area contributed by atoms with E-state index in [9.17, 15) is 4.79 Å². The molecule has 4 nitrogen and oxygen atoms in total. The Bertz CT molecular complexity index is 467. The maximum Gasteiger partial charge on any atom is 0.247 e. The van der Waals surface area contributed by atoms with E-state index in [0.717, 1.165) is 25.2 Å². The number of anilines is 1. The predicted octanol–water partition coefficient (Wildman–Crippen LogP) is 1.99. The molecule has 1 saturated heterocycles. The van der Waals surface area contributed by atoms with Crippen LogP contribution >= 0.6 is 0 Å². The van der Waals surface area contributed by atoms with Crippen molar-refractivity contribution in [1.29, 1.82) is 0 Å². The first-order chi connectivity index (χ1) is 9.42. The van der Waals surface area contributed by atoms with Crippen LogP contribution in [-0.4, -0.2) is 36.0 Å². The van der Waals surface area contributed by atoms with Crippen molar-refractivity contribution in [3.8, 4) is 0 Å². The Morgan fingerprint density at radius 2 is 2.05 bits per heavy atom. The number of carbonyl (C=O) groups excluding carboxylic acids is 1. The van der Waals surface area contributed by atoms with Crippen molar-refractivity contribution in [3.05, 3.63) is 29.8 Å². The van der Waals surface area contributed by atoms with Crippen molar-refractivity contribution in [2.24, 2.45) is 11.7 Å². The Morgan fingerprint density at radius 1 is 1.40 bits per heavy atom. The van der Waals surface area contributed by atoms with Crippen molar-refractivity contribution in [3.63, 3.8) is 0 Å². The van der Waals surface area contributed by atoms with Crippen LogP contribution in [0.25, 0.3) is 0 Å². The van der Waals surface area contributed by atoms with Crippen LogP contribution in [0.4, 0.5) is 5.69 Å². The average Bonchev–Trinajstić information content (AvgIpc) is 2.89. The molecule has 0 aliphatic carbocycles. The van der Waals surface area contributed by atoms with Crippen molar-refractivity contribution in [2.45, 2.75) is 32.7 Å². The minimum Gasteiger partial charge on any atom is -0.372 e. The molecule has 2 rings (SSSR count). The van der Waals surface area contributed by atoms with Crippen molar-refractivity contribution < 1.29 is 4.79 Å². The van der Waals surface area contributed by atoms with Crippen LogP contribution in [0, 0.1) is 12.8 Å². The molecule has 0 bridgehead atoms. The highest BCUT2D eigenvalue weighted by Crippen LogP contribution is 2.22. The number of benzene rings is 1. The third kappa shape index (κ3) is 3.31. The summed E-state index contributed by atoms with van der Waals surface area (Å²) in [6.45, 7) is 8.19. The number of nitrogens with one attached hydrogen (secondary N) is 1. The molecule has 1 heterocycles. The first-order valence-corrected chi connectivity index (χ1v) is 7.26. The SMILES string of the molecule is Cc1ccc(NC(C)(C)C(=O)N2CCC(CN)C2)cc1. The van der Waals surface area contributed by atoms with Crippen molar-refractivity contribution >= 4 is 11.6 Å². The number of aryl methyl sites for hydroxylation is 1. The van der Waals surface area contributed by atoms with Gasteiger partial charge in [-0.25, -0.2) is 0 Å². The van der Waals surface area contributed by atoms with Crippen LogP contribution in [0.1, 0.15) is 25.8 Å². The van der Waals surface area contributed by atoms with Gasteiger partial charge in [0.15, 0.2) is 0 Å². The first kappa shape index (κ1) is 14.9. The van der Waals surface area contributed by atoms with Gasteiger partial charge < -0.3 is 16.0 Å². The van der Waals surface area contributed by atoms with E-state index in [0.29, 0.717) is 12.5 Å². The Hall–Kier alpha value is -1.55. The predicted molar refractivity (Wildman–Crippen MR) is 82.6 cm³/mol. The molecule has 0 saturated carbocycles. The fraction of sp³-hybridized carbons (Fsp3) is 0.562. The van der Waals surface area contributed by atoms with Gasteiger partial charge in [-0.15, -0.1) is 0 Å². The van der Waals surface area contributed by atoms with Crippen LogP contribution < -0.4 is 11.1 Å². The standard InChI is InChI=1S/C16H25N3O/c1-12-4-6-14(7-5-12)18-16(2,3)15(20)19-9-8-13(10-17)11-19/h4-7,13,18H,8-11,17H2,1-3H3. The number of nitrogens with zero attached hydrogens (tertiary/aromatic N) is 1. The molecule has 1 unspecified atom stereocenters. The Morgan fingerprint density at radius 3 is 2.60 bits per heavy atom. The zero-order valence-corrected chi connectivity index (χ0v) is 12.6. The lowest BCUT2D eigenvalue weighted by Gasteiger charge is -2.31. The summed E-state index contributed by atoms with van der Waals surface area (Å²) in [5.74, 6) is 0.600. The summed E-state index contributed by atoms with van der Waals surface area (Å²) >= 11 is 0. The molecule has 3 N–H and O–H groups in total. The van der Waals surface area contributed by atoms with Gasteiger partial charge >= 0.3 is 0 Å². The van der Waals surface area contributed by atoms with Crippen LogP contribution in [0.5, 0.6) is 0 Å². The lowest BCUT2D eigenvalue weighted by molar-refractivity contribution is -0.134. The van der Waals surface area contributed by atoms with Gasteiger partial charge in [0.1, 0.15) is 5.54 Å². The number of hydrogen-bond acceptors (Lipinski definition) is 3. The molecule has 1 atom stereocenters. The van der Waals surface area contributed by atoms with Gasteiger partial charge in [0.2, 0.25) is 5.91 Å². The minimum absolute atomic E-state index is 0.147. The summed E-state index contributed by atoms with van der Waals surface area (Å²) < 4.78 is 0. The van der Waals surface area contributed by atoms with E-state index in [-0.39, 0.29) is 5.91 Å². The molecular formula is C16H25N3O. The lowest BCUT2D eigenvalue weighted by atomic mass is 10.0. The number of amides is 1. The highest BCUT2D eigenvalue weighted by Gasteiger charge is 2.35. The topological polar surface area (TPSA) is 58.4 Å². The number of hydrogen-bond donors (Lipinski definition) is 2. The van der Waals surface area contributed by atoms with Gasteiger partial charge in [-0.3, -0.25) is 4.79 Å². The lowest BCUT2D eigenvalue weighted by Crippen LogP contribution is -2.49. The smallest absolute Gasteiger partial charge is 0.247 e. The molecule has 0 radical (unpaired) electrons. The highest BCUT2D eigenvalue weighted by molar-refractivity contribution is 5.88. The monoisotopic (exact) mass is 275 g/mol. The Labute approximate surface area is 121 Å². The summed E-state index contributed by atoms with van der Waals surface area (Å²) in [6.07, 6.45) is 1.02. The highest BCUT2D eigenvalue weighted by atomic mass is 16.2. The summed E-state index contributed by atoms with van der Waals surface area (Å²) in [4.78, 5) is 14.6. The number of carbonyl (C=O) groups is 1. The van der Waals surface area contributed by atoms with Gasteiger partial charge in [-0.2, -0.15) is 0 Å². The maximum absolute atomic E-state index is 12.6. The van der Waals surface area contributed by atoms with Crippen LogP contribution in [0.3, 0.4) is 0 Å². The Kier molecular flexibility index (Phi) is 4.33. The first-order valence-electron chi connectivity index (χ1n) is 7.26. The van der Waals surface area contributed by atoms with Gasteiger partial charge in [-0.1, -0.05) is 17.7 Å². The molecule has 0 aromatic heterocycles. The van der Waals surface area contributed by atoms with E-state index < -0.39 is 5.54 Å². The second-order valence-corrected chi connectivity index (χ2v) is 6.26. The molecule has 110 valence electrons. The van der Waals surface area contributed by atoms with E-state index in [1.54, 1.807) is 0 Å². The van der Waals surface area contributed by atoms with Crippen molar-refractivity contribution in [2.75, 3.05) is 25.0 Å². The molecule has 0 spiro atoms. The Balaban J connectivity index is 2.02. The number of rotatable bonds is 4. The van der Waals surface area contributed by atoms with Gasteiger partial charge in [0.25, 0.3) is 0 Å². The largest absolute Gasteiger partial charge is 0.372 e. The zero-order chi connectivity index (χ0) is 14.8. The average molecular weight is 275 g/mol. The van der Waals surface area contributed by atoms with Gasteiger partial charge in [0.05, 0.1) is 0 Å². The summed E-state index contributed by atoms with van der Waals surface area (Å²) in [6, 6.07) is 8.11. The van der Waals surface area contributed by atoms with Gasteiger partial charge in [-0.05, 0) is 51.8 Å².